The number of benzene rings is 2. The van der Waals surface area contributed by atoms with E-state index < -0.39 is 17.7 Å². The van der Waals surface area contributed by atoms with Gasteiger partial charge in [0, 0.05) is 40.5 Å². The third kappa shape index (κ3) is 7.23. The van der Waals surface area contributed by atoms with Gasteiger partial charge in [-0.25, -0.2) is 9.59 Å². The predicted octanol–water partition coefficient (Wildman–Crippen LogP) is 6.77. The van der Waals surface area contributed by atoms with E-state index in [1.807, 2.05) is 29.6 Å². The van der Waals surface area contributed by atoms with Crippen molar-refractivity contribution in [1.82, 2.24) is 10.3 Å². The standard InChI is InChI=1S/C30H30N4O5S/c1-30(2,3)34(29(37)38)25-13-12-23(26-7-5-15-40-26)16-24(25)33-27(35)22-10-8-20(9-11-22)18-32-28(36)39-19-21-6-4-14-31-17-21/h4-17H,18-19H2,1-3H3,(H,32,36)(H,33,35)(H,37,38). The molecule has 0 unspecified atom stereocenters. The molecule has 9 nitrogen and oxygen atoms in total. The number of aromatic nitrogens is 1. The fourth-order valence-electron chi connectivity index (χ4n) is 4.00. The summed E-state index contributed by atoms with van der Waals surface area (Å²) in [5.41, 5.74) is 2.82. The molecule has 2 aromatic carbocycles. The number of carbonyl (C=O) groups is 3. The lowest BCUT2D eigenvalue weighted by Crippen LogP contribution is -2.45. The molecular formula is C30H30N4O5S. The zero-order chi connectivity index (χ0) is 28.7. The number of pyridine rings is 1. The number of nitrogens with zero attached hydrogens (tertiary/aromatic N) is 2. The first-order chi connectivity index (χ1) is 19.1. The topological polar surface area (TPSA) is 121 Å². The molecule has 3 amide bonds. The van der Waals surface area contributed by atoms with E-state index in [1.54, 1.807) is 87.0 Å². The molecule has 0 radical (unpaired) electrons. The number of rotatable bonds is 8. The van der Waals surface area contributed by atoms with Crippen molar-refractivity contribution in [1.29, 1.82) is 0 Å². The van der Waals surface area contributed by atoms with Gasteiger partial charge in [0.1, 0.15) is 6.61 Å². The summed E-state index contributed by atoms with van der Waals surface area (Å²) in [4.78, 5) is 43.7. The summed E-state index contributed by atoms with van der Waals surface area (Å²) in [7, 11) is 0. The molecule has 0 aliphatic heterocycles. The SMILES string of the molecule is CC(C)(C)N(C(=O)O)c1ccc(-c2cccs2)cc1NC(=O)c1ccc(CNC(=O)OCc2cccnc2)cc1. The molecule has 0 aliphatic carbocycles. The molecule has 0 fully saturated rings. The van der Waals surface area contributed by atoms with E-state index in [9.17, 15) is 19.5 Å². The highest BCUT2D eigenvalue weighted by Gasteiger charge is 2.30. The van der Waals surface area contributed by atoms with Crippen molar-refractivity contribution in [2.75, 3.05) is 10.2 Å². The first kappa shape index (κ1) is 28.3. The molecule has 4 rings (SSSR count). The van der Waals surface area contributed by atoms with Crippen molar-refractivity contribution in [2.45, 2.75) is 39.5 Å². The number of anilines is 2. The van der Waals surface area contributed by atoms with E-state index in [1.165, 1.54) is 4.90 Å². The lowest BCUT2D eigenvalue weighted by Gasteiger charge is -2.34. The molecule has 4 aromatic rings. The van der Waals surface area contributed by atoms with Gasteiger partial charge in [0.25, 0.3) is 5.91 Å². The maximum Gasteiger partial charge on any atom is 0.412 e. The summed E-state index contributed by atoms with van der Waals surface area (Å²) < 4.78 is 5.19. The van der Waals surface area contributed by atoms with Gasteiger partial charge in [-0.1, -0.05) is 30.3 Å². The van der Waals surface area contributed by atoms with Crippen LogP contribution in [0.1, 0.15) is 42.3 Å². The van der Waals surface area contributed by atoms with Crippen LogP contribution in [-0.2, 0) is 17.9 Å². The number of thiophene rings is 1. The summed E-state index contributed by atoms with van der Waals surface area (Å²) in [6.07, 6.45) is 1.58. The van der Waals surface area contributed by atoms with Gasteiger partial charge in [0.05, 0.1) is 11.4 Å². The van der Waals surface area contributed by atoms with Crippen molar-refractivity contribution >= 4 is 40.8 Å². The fourth-order valence-corrected chi connectivity index (χ4v) is 4.73. The van der Waals surface area contributed by atoms with Gasteiger partial charge in [-0.3, -0.25) is 14.7 Å². The molecule has 10 heteroatoms. The van der Waals surface area contributed by atoms with Crippen molar-refractivity contribution < 1.29 is 24.2 Å². The molecule has 40 heavy (non-hydrogen) atoms. The highest BCUT2D eigenvalue weighted by atomic mass is 32.1. The third-order valence-corrected chi connectivity index (χ3v) is 6.82. The molecule has 206 valence electrons. The maximum absolute atomic E-state index is 13.2. The second-order valence-corrected chi connectivity index (χ2v) is 10.9. The minimum atomic E-state index is -1.12. The molecule has 0 bridgehead atoms. The number of carboxylic acid groups (broad SMARTS) is 1. The Hall–Kier alpha value is -4.70. The third-order valence-electron chi connectivity index (χ3n) is 5.90. The van der Waals surface area contributed by atoms with E-state index in [2.05, 4.69) is 15.6 Å². The molecular weight excluding hydrogens is 528 g/mol. The Morgan fingerprint density at radius 1 is 1.00 bits per heavy atom. The number of carbonyl (C=O) groups excluding carboxylic acids is 2. The number of hydrogen-bond donors (Lipinski definition) is 3. The van der Waals surface area contributed by atoms with Crippen LogP contribution in [0.15, 0.2) is 84.5 Å². The zero-order valence-corrected chi connectivity index (χ0v) is 23.2. The minimum Gasteiger partial charge on any atom is -0.465 e. The Balaban J connectivity index is 1.46. The highest BCUT2D eigenvalue weighted by molar-refractivity contribution is 7.13. The van der Waals surface area contributed by atoms with Crippen LogP contribution in [0.25, 0.3) is 10.4 Å². The van der Waals surface area contributed by atoms with Crippen LogP contribution < -0.4 is 15.5 Å². The molecule has 2 aromatic heterocycles. The molecule has 2 heterocycles. The van der Waals surface area contributed by atoms with Gasteiger partial charge in [0.2, 0.25) is 0 Å². The van der Waals surface area contributed by atoms with Crippen LogP contribution in [0.4, 0.5) is 21.0 Å². The van der Waals surface area contributed by atoms with E-state index >= 15 is 0 Å². The monoisotopic (exact) mass is 558 g/mol. The molecule has 0 spiro atoms. The van der Waals surface area contributed by atoms with Crippen LogP contribution in [0.5, 0.6) is 0 Å². The zero-order valence-electron chi connectivity index (χ0n) is 22.4. The van der Waals surface area contributed by atoms with Gasteiger partial charge in [-0.2, -0.15) is 0 Å². The number of hydrogen-bond acceptors (Lipinski definition) is 6. The second kappa shape index (κ2) is 12.4. The number of alkyl carbamates (subject to hydrolysis) is 1. The van der Waals surface area contributed by atoms with E-state index in [0.29, 0.717) is 16.9 Å². The first-order valence-corrected chi connectivity index (χ1v) is 13.4. The van der Waals surface area contributed by atoms with E-state index in [-0.39, 0.29) is 19.1 Å². The quantitative estimate of drug-likeness (QED) is 0.219. The predicted molar refractivity (Wildman–Crippen MR) is 156 cm³/mol. The summed E-state index contributed by atoms with van der Waals surface area (Å²) >= 11 is 1.55. The van der Waals surface area contributed by atoms with Crippen LogP contribution in [0.3, 0.4) is 0 Å². The van der Waals surface area contributed by atoms with Gasteiger partial charge >= 0.3 is 12.2 Å². The average molecular weight is 559 g/mol. The Bertz CT molecular complexity index is 1470. The van der Waals surface area contributed by atoms with Crippen LogP contribution >= 0.6 is 11.3 Å². The highest BCUT2D eigenvalue weighted by Crippen LogP contribution is 2.36. The molecule has 0 atom stereocenters. The number of nitrogens with one attached hydrogen (secondary N) is 2. The van der Waals surface area contributed by atoms with Crippen molar-refractivity contribution in [3.63, 3.8) is 0 Å². The van der Waals surface area contributed by atoms with Crippen molar-refractivity contribution in [3.05, 3.63) is 101 Å². The Labute approximate surface area is 236 Å². The van der Waals surface area contributed by atoms with Crippen molar-refractivity contribution in [3.8, 4) is 10.4 Å². The lowest BCUT2D eigenvalue weighted by atomic mass is 10.0. The average Bonchev–Trinajstić information content (AvgIpc) is 3.47. The van der Waals surface area contributed by atoms with E-state index in [0.717, 1.165) is 21.6 Å². The van der Waals surface area contributed by atoms with Crippen LogP contribution in [0, 0.1) is 0 Å². The molecule has 0 saturated heterocycles. The first-order valence-electron chi connectivity index (χ1n) is 12.5. The molecule has 0 aliphatic rings. The Kier molecular flexibility index (Phi) is 8.80. The number of amides is 3. The molecule has 0 saturated carbocycles. The van der Waals surface area contributed by atoms with E-state index in [4.69, 9.17) is 4.74 Å². The van der Waals surface area contributed by atoms with Gasteiger partial charge in [-0.15, -0.1) is 11.3 Å². The normalized spacial score (nSPS) is 11.0. The lowest BCUT2D eigenvalue weighted by molar-refractivity contribution is 0.102. The van der Waals surface area contributed by atoms with Gasteiger partial charge in [-0.05, 0) is 73.7 Å². The smallest absolute Gasteiger partial charge is 0.412 e. The Morgan fingerprint density at radius 3 is 2.40 bits per heavy atom. The summed E-state index contributed by atoms with van der Waals surface area (Å²) in [5.74, 6) is -0.390. The van der Waals surface area contributed by atoms with Crippen molar-refractivity contribution in [2.24, 2.45) is 0 Å². The summed E-state index contributed by atoms with van der Waals surface area (Å²) in [6.45, 7) is 5.72. The fraction of sp³-hybridized carbons (Fsp3) is 0.200. The van der Waals surface area contributed by atoms with Gasteiger partial charge < -0.3 is 20.5 Å². The van der Waals surface area contributed by atoms with Crippen LogP contribution in [0.2, 0.25) is 0 Å². The summed E-state index contributed by atoms with van der Waals surface area (Å²) in [5, 5.41) is 17.5. The number of ether oxygens (including phenoxy) is 1. The minimum absolute atomic E-state index is 0.114. The maximum atomic E-state index is 13.2. The molecule has 3 N–H and O–H groups in total. The second-order valence-electron chi connectivity index (χ2n) is 9.94. The largest absolute Gasteiger partial charge is 0.465 e. The van der Waals surface area contributed by atoms with Gasteiger partial charge in [0.15, 0.2) is 0 Å². The Morgan fingerprint density at radius 2 is 1.77 bits per heavy atom. The summed E-state index contributed by atoms with van der Waals surface area (Å²) in [6, 6.07) is 19.6. The van der Waals surface area contributed by atoms with Crippen LogP contribution in [-0.4, -0.2) is 33.7 Å².